The predicted molar refractivity (Wildman–Crippen MR) is 105 cm³/mol. The van der Waals surface area contributed by atoms with Crippen LogP contribution >= 0.6 is 11.3 Å². The first-order valence-corrected chi connectivity index (χ1v) is 9.68. The molecule has 5 rings (SSSR count). The molecule has 128 valence electrons. The maximum Gasteiger partial charge on any atom is 0.169 e. The van der Waals surface area contributed by atoms with Crippen molar-refractivity contribution in [3.05, 3.63) is 77.1 Å². The monoisotopic (exact) mass is 358 g/mol. The Morgan fingerprint density at radius 3 is 2.92 bits per heavy atom. The zero-order chi connectivity index (χ0) is 17.3. The number of aromatic nitrogens is 3. The summed E-state index contributed by atoms with van der Waals surface area (Å²) in [6, 6.07) is 14.6. The lowest BCUT2D eigenvalue weighted by atomic mass is 10.1. The summed E-state index contributed by atoms with van der Waals surface area (Å²) in [4.78, 5) is 17.5. The molecule has 1 aliphatic rings. The summed E-state index contributed by atoms with van der Waals surface area (Å²) in [5.74, 6) is 0.853. The Labute approximate surface area is 156 Å². The molecule has 0 saturated heterocycles. The number of benzene rings is 1. The molecule has 0 spiro atoms. The van der Waals surface area contributed by atoms with Gasteiger partial charge in [-0.2, -0.15) is 0 Å². The SMILES string of the molecule is c1csc(-c2ncc3c(n2)CCN(Cc2cnc4ccccc4c2)C3)c1. The zero-order valence-corrected chi connectivity index (χ0v) is 15.1. The lowest BCUT2D eigenvalue weighted by Crippen LogP contribution is -2.31. The molecule has 0 saturated carbocycles. The third-order valence-corrected chi connectivity index (χ3v) is 5.67. The van der Waals surface area contributed by atoms with Crippen LogP contribution in [-0.2, 0) is 19.5 Å². The van der Waals surface area contributed by atoms with Gasteiger partial charge in [-0.05, 0) is 29.1 Å². The van der Waals surface area contributed by atoms with Gasteiger partial charge >= 0.3 is 0 Å². The normalized spacial score (nSPS) is 14.5. The van der Waals surface area contributed by atoms with E-state index in [1.165, 1.54) is 22.2 Å². The predicted octanol–water partition coefficient (Wildman–Crippen LogP) is 4.31. The number of hydrogen-bond donors (Lipinski definition) is 0. The van der Waals surface area contributed by atoms with Crippen molar-refractivity contribution in [2.45, 2.75) is 19.5 Å². The minimum atomic E-state index is 0.853. The molecule has 1 aromatic carbocycles. The van der Waals surface area contributed by atoms with E-state index in [-0.39, 0.29) is 0 Å². The van der Waals surface area contributed by atoms with Gasteiger partial charge in [0.25, 0.3) is 0 Å². The molecule has 0 amide bonds. The van der Waals surface area contributed by atoms with Gasteiger partial charge in [0.2, 0.25) is 0 Å². The van der Waals surface area contributed by atoms with Gasteiger partial charge in [-0.25, -0.2) is 9.97 Å². The molecule has 1 aliphatic heterocycles. The zero-order valence-electron chi connectivity index (χ0n) is 14.3. The third-order valence-electron chi connectivity index (χ3n) is 4.81. The first-order chi connectivity index (χ1) is 12.8. The number of rotatable bonds is 3. The number of thiophene rings is 1. The molecule has 0 atom stereocenters. The van der Waals surface area contributed by atoms with E-state index in [2.05, 4.69) is 50.6 Å². The quantitative estimate of drug-likeness (QED) is 0.547. The van der Waals surface area contributed by atoms with Gasteiger partial charge < -0.3 is 0 Å². The highest BCUT2D eigenvalue weighted by molar-refractivity contribution is 7.13. The summed E-state index contributed by atoms with van der Waals surface area (Å²) in [5, 5.41) is 3.27. The van der Waals surface area contributed by atoms with Gasteiger partial charge in [0.05, 0.1) is 16.1 Å². The smallest absolute Gasteiger partial charge is 0.169 e. The highest BCUT2D eigenvalue weighted by Gasteiger charge is 2.19. The van der Waals surface area contributed by atoms with Gasteiger partial charge in [-0.15, -0.1) is 11.3 Å². The molecular weight excluding hydrogens is 340 g/mol. The molecule has 0 fully saturated rings. The Hall–Kier alpha value is -2.63. The highest BCUT2D eigenvalue weighted by atomic mass is 32.1. The van der Waals surface area contributed by atoms with Crippen LogP contribution in [0, 0.1) is 0 Å². The van der Waals surface area contributed by atoms with E-state index in [4.69, 9.17) is 4.98 Å². The lowest BCUT2D eigenvalue weighted by molar-refractivity contribution is 0.243. The van der Waals surface area contributed by atoms with E-state index < -0.39 is 0 Å². The Balaban J connectivity index is 1.35. The van der Waals surface area contributed by atoms with Gasteiger partial charge in [0.1, 0.15) is 0 Å². The molecular formula is C21H18N4S. The maximum atomic E-state index is 4.80. The fraction of sp³-hybridized carbons (Fsp3) is 0.190. The van der Waals surface area contributed by atoms with Crippen LogP contribution in [0.5, 0.6) is 0 Å². The van der Waals surface area contributed by atoms with Crippen molar-refractivity contribution >= 4 is 22.2 Å². The number of para-hydroxylation sites is 1. The first kappa shape index (κ1) is 15.6. The first-order valence-electron chi connectivity index (χ1n) is 8.80. The van der Waals surface area contributed by atoms with Crippen LogP contribution in [-0.4, -0.2) is 26.4 Å². The minimum Gasteiger partial charge on any atom is -0.294 e. The molecule has 0 bridgehead atoms. The molecule has 3 aromatic heterocycles. The van der Waals surface area contributed by atoms with Crippen LogP contribution in [0.1, 0.15) is 16.8 Å². The summed E-state index contributed by atoms with van der Waals surface area (Å²) < 4.78 is 0. The average molecular weight is 358 g/mol. The Morgan fingerprint density at radius 1 is 1.04 bits per heavy atom. The van der Waals surface area contributed by atoms with E-state index in [1.807, 2.05) is 24.5 Å². The largest absolute Gasteiger partial charge is 0.294 e. The summed E-state index contributed by atoms with van der Waals surface area (Å²) >= 11 is 1.69. The van der Waals surface area contributed by atoms with E-state index in [9.17, 15) is 0 Å². The van der Waals surface area contributed by atoms with Crippen LogP contribution in [0.15, 0.2) is 60.2 Å². The van der Waals surface area contributed by atoms with E-state index in [0.29, 0.717) is 0 Å². The van der Waals surface area contributed by atoms with Crippen molar-refractivity contribution in [1.29, 1.82) is 0 Å². The molecule has 26 heavy (non-hydrogen) atoms. The Morgan fingerprint density at radius 2 is 2.00 bits per heavy atom. The number of hydrogen-bond acceptors (Lipinski definition) is 5. The van der Waals surface area contributed by atoms with Gasteiger partial charge in [0.15, 0.2) is 5.82 Å². The highest BCUT2D eigenvalue weighted by Crippen LogP contribution is 2.25. The van der Waals surface area contributed by atoms with Gasteiger partial charge in [-0.1, -0.05) is 24.3 Å². The molecule has 0 N–H and O–H groups in total. The summed E-state index contributed by atoms with van der Waals surface area (Å²) in [7, 11) is 0. The fourth-order valence-corrected chi connectivity index (χ4v) is 4.16. The molecule has 4 nitrogen and oxygen atoms in total. The Kier molecular flexibility index (Phi) is 3.96. The van der Waals surface area contributed by atoms with Gasteiger partial charge in [-0.3, -0.25) is 9.88 Å². The van der Waals surface area contributed by atoms with E-state index in [0.717, 1.165) is 42.3 Å². The van der Waals surface area contributed by atoms with Crippen molar-refractivity contribution in [3.8, 4) is 10.7 Å². The molecule has 4 aromatic rings. The van der Waals surface area contributed by atoms with Crippen molar-refractivity contribution in [3.63, 3.8) is 0 Å². The minimum absolute atomic E-state index is 0.853. The van der Waals surface area contributed by atoms with Crippen molar-refractivity contribution in [1.82, 2.24) is 19.9 Å². The van der Waals surface area contributed by atoms with Crippen LogP contribution in [0.4, 0.5) is 0 Å². The number of fused-ring (bicyclic) bond motifs is 2. The topological polar surface area (TPSA) is 41.9 Å². The van der Waals surface area contributed by atoms with Crippen LogP contribution in [0.3, 0.4) is 0 Å². The average Bonchev–Trinajstić information content (AvgIpc) is 3.22. The second-order valence-electron chi connectivity index (χ2n) is 6.64. The van der Waals surface area contributed by atoms with E-state index in [1.54, 1.807) is 11.3 Å². The molecule has 0 radical (unpaired) electrons. The summed E-state index contributed by atoms with van der Waals surface area (Å²) in [5.41, 5.74) is 4.74. The standard InChI is InChI=1S/C21H18N4S/c1-2-5-18-16(4-1)10-15(11-22-18)13-25-8-7-19-17(14-25)12-23-21(24-19)20-6-3-9-26-20/h1-6,9-12H,7-8,13-14H2. The maximum absolute atomic E-state index is 4.80. The second kappa shape index (κ2) is 6.59. The van der Waals surface area contributed by atoms with Crippen molar-refractivity contribution in [2.24, 2.45) is 0 Å². The molecule has 5 heteroatoms. The molecule has 0 aliphatic carbocycles. The lowest BCUT2D eigenvalue weighted by Gasteiger charge is -2.28. The van der Waals surface area contributed by atoms with Crippen LogP contribution < -0.4 is 0 Å². The van der Waals surface area contributed by atoms with Gasteiger partial charge in [0, 0.05) is 49.4 Å². The number of pyridine rings is 1. The Bertz CT molecular complexity index is 1060. The number of nitrogens with zero attached hydrogens (tertiary/aromatic N) is 4. The van der Waals surface area contributed by atoms with E-state index >= 15 is 0 Å². The third kappa shape index (κ3) is 3.00. The molecule has 4 heterocycles. The van der Waals surface area contributed by atoms with Crippen LogP contribution in [0.25, 0.3) is 21.6 Å². The second-order valence-corrected chi connectivity index (χ2v) is 7.59. The summed E-state index contributed by atoms with van der Waals surface area (Å²) in [6.07, 6.45) is 4.97. The fourth-order valence-electron chi connectivity index (χ4n) is 3.50. The van der Waals surface area contributed by atoms with Crippen LogP contribution in [0.2, 0.25) is 0 Å². The molecule has 0 unspecified atom stereocenters. The summed E-state index contributed by atoms with van der Waals surface area (Å²) in [6.45, 7) is 2.82. The van der Waals surface area contributed by atoms with Crippen molar-refractivity contribution in [2.75, 3.05) is 6.54 Å². The van der Waals surface area contributed by atoms with Crippen molar-refractivity contribution < 1.29 is 0 Å².